The van der Waals surface area contributed by atoms with Gasteiger partial charge in [-0.1, -0.05) is 170 Å². The summed E-state index contributed by atoms with van der Waals surface area (Å²) in [4.78, 5) is 5.68. The molecule has 12 aromatic rings. The molecule has 9 aromatic carbocycles. The van der Waals surface area contributed by atoms with Crippen molar-refractivity contribution >= 4 is 76.8 Å². The van der Waals surface area contributed by atoms with Gasteiger partial charge in [0, 0.05) is 43.6 Å². The van der Waals surface area contributed by atoms with Crippen LogP contribution in [-0.4, -0.2) is 14.8 Å². The van der Waals surface area contributed by atoms with Gasteiger partial charge in [-0.3, -0.25) is 4.99 Å². The molecule has 0 aliphatic carbocycles. The van der Waals surface area contributed by atoms with Crippen molar-refractivity contribution < 1.29 is 4.42 Å². The first-order chi connectivity index (χ1) is 31.2. The van der Waals surface area contributed by atoms with Gasteiger partial charge >= 0.3 is 0 Å². The lowest BCUT2D eigenvalue weighted by Gasteiger charge is -2.12. The zero-order valence-corrected chi connectivity index (χ0v) is 34.7. The molecule has 298 valence electrons. The standard InChI is InChI=1S/C59H41N3O/c1-39(40-28-30-43(31-29-40)41-16-5-2-6-17-41)36-52(50-24-15-27-55-57(50)51-33-32-44(37-56(51)63-55)42-18-7-3-8-19-42)60-38-61-53-25-13-11-22-46(53)48-34-35-49-47-23-12-14-26-54(47)62(59(49)58(48)61)45-20-9-4-10-21-45/h2-37H,38H2,1H3/b39-36+,60-52+. The number of fused-ring (bicyclic) bond motifs is 10. The fourth-order valence-corrected chi connectivity index (χ4v) is 9.63. The van der Waals surface area contributed by atoms with Gasteiger partial charge in [0.25, 0.3) is 0 Å². The molecule has 0 amide bonds. The highest BCUT2D eigenvalue weighted by atomic mass is 16.3. The maximum absolute atomic E-state index is 6.66. The molecule has 0 radical (unpaired) electrons. The van der Waals surface area contributed by atoms with Gasteiger partial charge in [-0.15, -0.1) is 0 Å². The molecule has 0 aliphatic rings. The monoisotopic (exact) mass is 807 g/mol. The minimum Gasteiger partial charge on any atom is -0.456 e. The number of aromatic nitrogens is 2. The third-order valence-corrected chi connectivity index (χ3v) is 12.6. The lowest BCUT2D eigenvalue weighted by Crippen LogP contribution is -2.04. The second-order valence-corrected chi connectivity index (χ2v) is 16.3. The summed E-state index contributed by atoms with van der Waals surface area (Å²) in [5.41, 5.74) is 16.3. The molecule has 0 spiro atoms. The molecule has 0 bridgehead atoms. The van der Waals surface area contributed by atoms with Crippen LogP contribution >= 0.6 is 0 Å². The Labute approximate surface area is 364 Å². The Bertz CT molecular complexity index is 3740. The van der Waals surface area contributed by atoms with Gasteiger partial charge in [0.2, 0.25) is 0 Å². The van der Waals surface area contributed by atoms with E-state index in [-0.39, 0.29) is 0 Å². The predicted molar refractivity (Wildman–Crippen MR) is 265 cm³/mol. The van der Waals surface area contributed by atoms with Crippen molar-refractivity contribution in [3.63, 3.8) is 0 Å². The number of aliphatic imine (C=N–C) groups is 1. The Morgan fingerprint density at radius 3 is 1.78 bits per heavy atom. The van der Waals surface area contributed by atoms with Gasteiger partial charge in [0.15, 0.2) is 0 Å². The summed E-state index contributed by atoms with van der Waals surface area (Å²) in [6.45, 7) is 2.59. The highest BCUT2D eigenvalue weighted by Crippen LogP contribution is 2.41. The van der Waals surface area contributed by atoms with Gasteiger partial charge < -0.3 is 13.6 Å². The van der Waals surface area contributed by atoms with Crippen LogP contribution < -0.4 is 0 Å². The molecule has 0 fully saturated rings. The molecule has 0 saturated carbocycles. The fourth-order valence-electron chi connectivity index (χ4n) is 9.63. The van der Waals surface area contributed by atoms with E-state index in [1.54, 1.807) is 0 Å². The second kappa shape index (κ2) is 15.1. The molecule has 3 aromatic heterocycles. The van der Waals surface area contributed by atoms with Gasteiger partial charge in [0.1, 0.15) is 17.8 Å². The molecule has 0 unspecified atom stereocenters. The van der Waals surface area contributed by atoms with E-state index in [0.29, 0.717) is 6.67 Å². The van der Waals surface area contributed by atoms with Crippen LogP contribution in [0.15, 0.2) is 228 Å². The summed E-state index contributed by atoms with van der Waals surface area (Å²) in [6.07, 6.45) is 2.26. The SMILES string of the molecule is C/C(=C\C(=N/Cn1c2ccccc2c2ccc3c4ccccc4n(-c4ccccc4)c3c21)c1cccc2oc3cc(-c4ccccc4)ccc3c12)c1ccc(-c2ccccc2)cc1. The number of allylic oxidation sites excluding steroid dienone is 2. The summed E-state index contributed by atoms with van der Waals surface area (Å²) in [7, 11) is 0. The van der Waals surface area contributed by atoms with Gasteiger partial charge in [-0.2, -0.15) is 0 Å². The topological polar surface area (TPSA) is 35.4 Å². The minimum absolute atomic E-state index is 0.399. The van der Waals surface area contributed by atoms with Crippen molar-refractivity contribution in [1.29, 1.82) is 0 Å². The molecule has 12 rings (SSSR count). The lowest BCUT2D eigenvalue weighted by atomic mass is 9.97. The number of para-hydroxylation sites is 3. The first-order valence-electron chi connectivity index (χ1n) is 21.6. The lowest BCUT2D eigenvalue weighted by molar-refractivity contribution is 0.669. The molecular weight excluding hydrogens is 767 g/mol. The number of benzene rings is 9. The van der Waals surface area contributed by atoms with Crippen LogP contribution in [0.25, 0.3) is 99.1 Å². The van der Waals surface area contributed by atoms with Crippen LogP contribution in [-0.2, 0) is 6.67 Å². The predicted octanol–water partition coefficient (Wildman–Crippen LogP) is 15.7. The van der Waals surface area contributed by atoms with Crippen molar-refractivity contribution in [1.82, 2.24) is 9.13 Å². The van der Waals surface area contributed by atoms with Crippen molar-refractivity contribution in [3.05, 3.63) is 230 Å². The van der Waals surface area contributed by atoms with E-state index >= 15 is 0 Å². The number of furan rings is 1. The van der Waals surface area contributed by atoms with Crippen LogP contribution in [0.2, 0.25) is 0 Å². The Kier molecular flexibility index (Phi) is 8.75. The Morgan fingerprint density at radius 1 is 0.476 bits per heavy atom. The normalized spacial score (nSPS) is 12.5. The third kappa shape index (κ3) is 6.18. The van der Waals surface area contributed by atoms with Crippen LogP contribution in [0, 0.1) is 0 Å². The second-order valence-electron chi connectivity index (χ2n) is 16.3. The number of hydrogen-bond acceptors (Lipinski definition) is 2. The zero-order chi connectivity index (χ0) is 41.9. The molecule has 0 aliphatic heterocycles. The quantitative estimate of drug-likeness (QED) is 0.141. The molecule has 0 atom stereocenters. The molecular formula is C59H41N3O. The zero-order valence-electron chi connectivity index (χ0n) is 34.7. The molecule has 4 heteroatoms. The smallest absolute Gasteiger partial charge is 0.136 e. The van der Waals surface area contributed by atoms with E-state index in [0.717, 1.165) is 72.2 Å². The first kappa shape index (κ1) is 36.6. The average molecular weight is 808 g/mol. The van der Waals surface area contributed by atoms with Gasteiger partial charge in [0.05, 0.1) is 27.8 Å². The third-order valence-electron chi connectivity index (χ3n) is 12.6. The van der Waals surface area contributed by atoms with Crippen molar-refractivity contribution in [2.45, 2.75) is 13.6 Å². The van der Waals surface area contributed by atoms with Gasteiger partial charge in [-0.05, 0) is 88.9 Å². The van der Waals surface area contributed by atoms with Crippen molar-refractivity contribution in [2.75, 3.05) is 0 Å². The number of hydrogen-bond donors (Lipinski definition) is 0. The van der Waals surface area contributed by atoms with E-state index in [2.05, 4.69) is 234 Å². The van der Waals surface area contributed by atoms with Crippen LogP contribution in [0.1, 0.15) is 18.1 Å². The Morgan fingerprint density at radius 2 is 1.05 bits per heavy atom. The summed E-state index contributed by atoms with van der Waals surface area (Å²) >= 11 is 0. The van der Waals surface area contributed by atoms with Crippen LogP contribution in [0.5, 0.6) is 0 Å². The van der Waals surface area contributed by atoms with E-state index in [1.807, 2.05) is 0 Å². The van der Waals surface area contributed by atoms with E-state index in [9.17, 15) is 0 Å². The Hall–Kier alpha value is -8.21. The van der Waals surface area contributed by atoms with Crippen LogP contribution in [0.4, 0.5) is 0 Å². The largest absolute Gasteiger partial charge is 0.456 e. The van der Waals surface area contributed by atoms with Crippen LogP contribution in [0.3, 0.4) is 0 Å². The maximum Gasteiger partial charge on any atom is 0.136 e. The molecule has 4 nitrogen and oxygen atoms in total. The van der Waals surface area contributed by atoms with Crippen molar-refractivity contribution in [2.24, 2.45) is 4.99 Å². The highest BCUT2D eigenvalue weighted by molar-refractivity contribution is 6.25. The molecule has 0 N–H and O–H groups in total. The molecule has 63 heavy (non-hydrogen) atoms. The summed E-state index contributed by atoms with van der Waals surface area (Å²) in [6, 6.07) is 75.6. The number of nitrogens with zero attached hydrogens (tertiary/aromatic N) is 3. The van der Waals surface area contributed by atoms with Gasteiger partial charge in [-0.25, -0.2) is 0 Å². The molecule has 0 saturated heterocycles. The Balaban J connectivity index is 1.08. The minimum atomic E-state index is 0.399. The molecule has 3 heterocycles. The maximum atomic E-state index is 6.66. The summed E-state index contributed by atoms with van der Waals surface area (Å²) < 4.78 is 11.5. The number of rotatable bonds is 8. The highest BCUT2D eigenvalue weighted by Gasteiger charge is 2.21. The van der Waals surface area contributed by atoms with E-state index in [1.165, 1.54) is 43.7 Å². The van der Waals surface area contributed by atoms with E-state index < -0.39 is 0 Å². The average Bonchev–Trinajstić information content (AvgIpc) is 4.01. The first-order valence-corrected chi connectivity index (χ1v) is 21.6. The summed E-state index contributed by atoms with van der Waals surface area (Å²) in [5.74, 6) is 0. The van der Waals surface area contributed by atoms with E-state index in [4.69, 9.17) is 9.41 Å². The van der Waals surface area contributed by atoms with Crippen molar-refractivity contribution in [3.8, 4) is 27.9 Å². The summed E-state index contributed by atoms with van der Waals surface area (Å²) in [5, 5.41) is 6.98. The fraction of sp³-hybridized carbons (Fsp3) is 0.0339.